The molecule has 0 bridgehead atoms. The van der Waals surface area contributed by atoms with Gasteiger partial charge in [-0.2, -0.15) is 10.2 Å². The van der Waals surface area contributed by atoms with Crippen molar-refractivity contribution in [3.05, 3.63) is 35.9 Å². The van der Waals surface area contributed by atoms with E-state index in [1.54, 1.807) is 0 Å². The molecule has 1 aliphatic heterocycles. The zero-order valence-electron chi connectivity index (χ0n) is 15.9. The lowest BCUT2D eigenvalue weighted by atomic mass is 9.78. The Kier molecular flexibility index (Phi) is 6.41. The second-order valence-corrected chi connectivity index (χ2v) is 7.66. The standard InChI is InChI=1S/C20H33N3O/c1-6-19(4)16-20(14-17(2)3,12-13-22-21-5)23(24-19)15-18-10-8-7-9-11-18/h7-11,13,17,21H,6,12,14-16H2,1-5H3/b22-13-/t19-,20+/m0/s1. The van der Waals surface area contributed by atoms with Gasteiger partial charge in [-0.05, 0) is 37.7 Å². The molecule has 0 unspecified atom stereocenters. The predicted molar refractivity (Wildman–Crippen MR) is 101 cm³/mol. The normalized spacial score (nSPS) is 28.1. The minimum atomic E-state index is -0.100. The van der Waals surface area contributed by atoms with Crippen LogP contribution in [0.4, 0.5) is 0 Å². The maximum Gasteiger partial charge on any atom is 0.0888 e. The molecular weight excluding hydrogens is 298 g/mol. The minimum absolute atomic E-state index is 0.00484. The zero-order valence-corrected chi connectivity index (χ0v) is 15.9. The van der Waals surface area contributed by atoms with Crippen molar-refractivity contribution >= 4 is 6.21 Å². The maximum absolute atomic E-state index is 6.50. The Balaban J connectivity index is 2.31. The van der Waals surface area contributed by atoms with E-state index in [1.807, 2.05) is 13.3 Å². The van der Waals surface area contributed by atoms with E-state index in [4.69, 9.17) is 4.84 Å². The van der Waals surface area contributed by atoms with Crippen LogP contribution in [0, 0.1) is 5.92 Å². The van der Waals surface area contributed by atoms with E-state index in [1.165, 1.54) is 5.56 Å². The SMILES string of the molecule is CC[C@@]1(C)C[C@@](C/C=N\NC)(CC(C)C)N(Cc2ccccc2)O1. The van der Waals surface area contributed by atoms with Gasteiger partial charge in [0.2, 0.25) is 0 Å². The summed E-state index contributed by atoms with van der Waals surface area (Å²) < 4.78 is 0. The van der Waals surface area contributed by atoms with Crippen LogP contribution in [0.3, 0.4) is 0 Å². The van der Waals surface area contributed by atoms with Gasteiger partial charge in [-0.3, -0.25) is 4.84 Å². The zero-order chi connectivity index (χ0) is 17.6. The van der Waals surface area contributed by atoms with Crippen LogP contribution in [0.15, 0.2) is 35.4 Å². The average molecular weight is 332 g/mol. The molecule has 1 aromatic rings. The van der Waals surface area contributed by atoms with Crippen LogP contribution in [-0.4, -0.2) is 29.5 Å². The molecule has 1 saturated heterocycles. The lowest BCUT2D eigenvalue weighted by Crippen LogP contribution is -2.44. The molecule has 2 rings (SSSR count). The first-order valence-corrected chi connectivity index (χ1v) is 9.12. The first-order chi connectivity index (χ1) is 11.4. The molecule has 1 aromatic carbocycles. The summed E-state index contributed by atoms with van der Waals surface area (Å²) in [5.74, 6) is 0.606. The Morgan fingerprint density at radius 2 is 2.04 bits per heavy atom. The predicted octanol–water partition coefficient (Wildman–Crippen LogP) is 4.37. The molecule has 0 amide bonds. The van der Waals surface area contributed by atoms with Crippen molar-refractivity contribution in [2.75, 3.05) is 7.05 Å². The highest BCUT2D eigenvalue weighted by Gasteiger charge is 2.51. The second-order valence-electron chi connectivity index (χ2n) is 7.66. The number of rotatable bonds is 8. The fourth-order valence-electron chi connectivity index (χ4n) is 3.82. The molecule has 0 aromatic heterocycles. The molecule has 1 N–H and O–H groups in total. The molecule has 4 nitrogen and oxygen atoms in total. The summed E-state index contributed by atoms with van der Waals surface area (Å²) in [5, 5.41) is 6.49. The van der Waals surface area contributed by atoms with Crippen LogP contribution in [0.1, 0.15) is 58.9 Å². The van der Waals surface area contributed by atoms with Crippen LogP contribution in [0.25, 0.3) is 0 Å². The van der Waals surface area contributed by atoms with Gasteiger partial charge in [0.05, 0.1) is 11.1 Å². The molecular formula is C20H33N3O. The van der Waals surface area contributed by atoms with Crippen molar-refractivity contribution in [1.29, 1.82) is 0 Å². The maximum atomic E-state index is 6.50. The van der Waals surface area contributed by atoms with E-state index in [0.29, 0.717) is 5.92 Å². The summed E-state index contributed by atoms with van der Waals surface area (Å²) in [6.07, 6.45) is 6.06. The van der Waals surface area contributed by atoms with Gasteiger partial charge in [0, 0.05) is 26.2 Å². The number of benzene rings is 1. The summed E-state index contributed by atoms with van der Waals surface area (Å²) in [7, 11) is 1.84. The highest BCUT2D eigenvalue weighted by molar-refractivity contribution is 5.59. The Morgan fingerprint density at radius 1 is 1.33 bits per heavy atom. The topological polar surface area (TPSA) is 36.9 Å². The molecule has 1 fully saturated rings. The molecule has 4 heteroatoms. The average Bonchev–Trinajstić information content (AvgIpc) is 2.81. The van der Waals surface area contributed by atoms with Gasteiger partial charge in [0.15, 0.2) is 0 Å². The third kappa shape index (κ3) is 4.58. The summed E-state index contributed by atoms with van der Waals surface area (Å²) in [5.41, 5.74) is 4.06. The van der Waals surface area contributed by atoms with Crippen molar-refractivity contribution in [2.24, 2.45) is 11.0 Å². The van der Waals surface area contributed by atoms with Crippen molar-refractivity contribution in [2.45, 2.75) is 71.1 Å². The smallest absolute Gasteiger partial charge is 0.0888 e. The molecule has 1 aliphatic rings. The van der Waals surface area contributed by atoms with Crippen LogP contribution >= 0.6 is 0 Å². The van der Waals surface area contributed by atoms with Gasteiger partial charge >= 0.3 is 0 Å². The number of hydrogen-bond acceptors (Lipinski definition) is 4. The van der Waals surface area contributed by atoms with E-state index < -0.39 is 0 Å². The second kappa shape index (κ2) is 8.13. The van der Waals surface area contributed by atoms with Crippen molar-refractivity contribution in [3.63, 3.8) is 0 Å². The van der Waals surface area contributed by atoms with Crippen LogP contribution in [-0.2, 0) is 11.4 Å². The molecule has 2 atom stereocenters. The first kappa shape index (κ1) is 18.9. The van der Waals surface area contributed by atoms with E-state index >= 15 is 0 Å². The Labute approximate surface area is 147 Å². The largest absolute Gasteiger partial charge is 0.313 e. The number of hydroxylamine groups is 2. The van der Waals surface area contributed by atoms with Gasteiger partial charge < -0.3 is 5.43 Å². The molecule has 0 radical (unpaired) electrons. The van der Waals surface area contributed by atoms with Crippen molar-refractivity contribution in [3.8, 4) is 0 Å². The summed E-state index contributed by atoms with van der Waals surface area (Å²) in [6, 6.07) is 10.6. The minimum Gasteiger partial charge on any atom is -0.313 e. The Hall–Kier alpha value is -1.39. The summed E-state index contributed by atoms with van der Waals surface area (Å²) >= 11 is 0. The highest BCUT2D eigenvalue weighted by atomic mass is 16.7. The number of hydrazone groups is 1. The molecule has 0 spiro atoms. The lowest BCUT2D eigenvalue weighted by Gasteiger charge is -2.37. The number of nitrogens with one attached hydrogen (secondary N) is 1. The highest BCUT2D eigenvalue weighted by Crippen LogP contribution is 2.46. The third-order valence-electron chi connectivity index (χ3n) is 4.96. The van der Waals surface area contributed by atoms with Gasteiger partial charge in [-0.1, -0.05) is 51.1 Å². The van der Waals surface area contributed by atoms with Crippen molar-refractivity contribution in [1.82, 2.24) is 10.5 Å². The van der Waals surface area contributed by atoms with E-state index in [-0.39, 0.29) is 11.1 Å². The quantitative estimate of drug-likeness (QED) is 0.567. The van der Waals surface area contributed by atoms with Gasteiger partial charge in [-0.15, -0.1) is 0 Å². The van der Waals surface area contributed by atoms with Crippen LogP contribution < -0.4 is 5.43 Å². The Bertz CT molecular complexity index is 531. The van der Waals surface area contributed by atoms with E-state index in [9.17, 15) is 0 Å². The number of hydrogen-bond donors (Lipinski definition) is 1. The van der Waals surface area contributed by atoms with Crippen molar-refractivity contribution < 1.29 is 4.84 Å². The van der Waals surface area contributed by atoms with Gasteiger partial charge in [0.1, 0.15) is 0 Å². The fraction of sp³-hybridized carbons (Fsp3) is 0.650. The van der Waals surface area contributed by atoms with Crippen LogP contribution in [0.5, 0.6) is 0 Å². The Morgan fingerprint density at radius 3 is 2.62 bits per heavy atom. The lowest BCUT2D eigenvalue weighted by molar-refractivity contribution is -0.226. The molecule has 1 heterocycles. The molecule has 134 valence electrons. The van der Waals surface area contributed by atoms with Gasteiger partial charge in [0.25, 0.3) is 0 Å². The monoisotopic (exact) mass is 331 g/mol. The first-order valence-electron chi connectivity index (χ1n) is 9.12. The summed E-state index contributed by atoms with van der Waals surface area (Å²) in [4.78, 5) is 6.50. The fourth-order valence-corrected chi connectivity index (χ4v) is 3.82. The third-order valence-corrected chi connectivity index (χ3v) is 4.96. The molecule has 0 saturated carbocycles. The van der Waals surface area contributed by atoms with Gasteiger partial charge in [-0.25, -0.2) is 0 Å². The van der Waals surface area contributed by atoms with E-state index in [0.717, 1.165) is 32.2 Å². The number of nitrogens with zero attached hydrogens (tertiary/aromatic N) is 2. The molecule has 0 aliphatic carbocycles. The molecule has 24 heavy (non-hydrogen) atoms. The van der Waals surface area contributed by atoms with E-state index in [2.05, 4.69) is 73.6 Å². The van der Waals surface area contributed by atoms with Crippen LogP contribution in [0.2, 0.25) is 0 Å². The summed E-state index contributed by atoms with van der Waals surface area (Å²) in [6.45, 7) is 9.85.